The second-order valence-electron chi connectivity index (χ2n) is 7.46. The van der Waals surface area contributed by atoms with Gasteiger partial charge < -0.3 is 9.52 Å². The number of Topliss-reactive ketones (excluding diaryl/α,β-unsaturated/α-hetero) is 1. The summed E-state index contributed by atoms with van der Waals surface area (Å²) in [5.74, 6) is -2.20. The first-order valence-electron chi connectivity index (χ1n) is 9.81. The highest BCUT2D eigenvalue weighted by atomic mass is 32.1. The molecule has 1 atom stereocenters. The fraction of sp³-hybridized carbons (Fsp3) is 0.0870. The predicted molar refractivity (Wildman–Crippen MR) is 120 cm³/mol. The van der Waals surface area contributed by atoms with Crippen molar-refractivity contribution in [2.75, 3.05) is 4.90 Å². The molecule has 0 radical (unpaired) electrons. The number of non-ortho nitro benzene ring substituents is 1. The number of ketones is 1. The average molecular weight is 461 g/mol. The van der Waals surface area contributed by atoms with E-state index in [0.717, 1.165) is 10.3 Å². The number of hydrogen-bond donors (Lipinski definition) is 1. The number of nitro groups is 1. The van der Waals surface area contributed by atoms with Gasteiger partial charge in [-0.25, -0.2) is 4.98 Å². The first-order valence-corrected chi connectivity index (χ1v) is 10.6. The van der Waals surface area contributed by atoms with Crippen LogP contribution in [0.1, 0.15) is 27.7 Å². The zero-order valence-corrected chi connectivity index (χ0v) is 17.9. The molecule has 2 aromatic carbocycles. The van der Waals surface area contributed by atoms with Crippen LogP contribution in [-0.4, -0.2) is 26.7 Å². The lowest BCUT2D eigenvalue weighted by molar-refractivity contribution is -0.384. The molecular weight excluding hydrogens is 446 g/mol. The fourth-order valence-corrected chi connectivity index (χ4v) is 4.88. The summed E-state index contributed by atoms with van der Waals surface area (Å²) in [5.41, 5.74) is 1.77. The molecular formula is C23H15N3O6S. The van der Waals surface area contributed by atoms with E-state index in [0.29, 0.717) is 11.1 Å². The number of carbonyl (C=O) groups excluding carboxylic acids is 2. The van der Waals surface area contributed by atoms with Crippen molar-refractivity contribution in [3.05, 3.63) is 99.2 Å². The number of aliphatic hydroxyl groups excluding tert-OH is 1. The molecule has 33 heavy (non-hydrogen) atoms. The number of thiazole rings is 1. The van der Waals surface area contributed by atoms with Crippen molar-refractivity contribution < 1.29 is 24.0 Å². The molecule has 10 heteroatoms. The van der Waals surface area contributed by atoms with E-state index in [1.54, 1.807) is 0 Å². The van der Waals surface area contributed by atoms with Gasteiger partial charge in [0.15, 0.2) is 16.7 Å². The second kappa shape index (κ2) is 7.68. The zero-order valence-electron chi connectivity index (χ0n) is 17.1. The second-order valence-corrected chi connectivity index (χ2v) is 8.47. The molecule has 4 aromatic rings. The van der Waals surface area contributed by atoms with Crippen molar-refractivity contribution in [1.29, 1.82) is 0 Å². The molecule has 1 aliphatic heterocycles. The molecule has 5 rings (SSSR count). The van der Waals surface area contributed by atoms with Crippen molar-refractivity contribution in [2.24, 2.45) is 0 Å². The predicted octanol–water partition coefficient (Wildman–Crippen LogP) is 4.89. The van der Waals surface area contributed by atoms with Crippen LogP contribution in [0, 0.1) is 17.0 Å². The molecule has 0 saturated carbocycles. The lowest BCUT2D eigenvalue weighted by atomic mass is 9.95. The van der Waals surface area contributed by atoms with E-state index in [-0.39, 0.29) is 22.2 Å². The van der Waals surface area contributed by atoms with Crippen molar-refractivity contribution in [3.63, 3.8) is 0 Å². The highest BCUT2D eigenvalue weighted by Crippen LogP contribution is 2.44. The largest absolute Gasteiger partial charge is 0.503 e. The number of nitro benzene ring substituents is 1. The van der Waals surface area contributed by atoms with Crippen LogP contribution in [0.4, 0.5) is 10.8 Å². The number of furan rings is 1. The lowest BCUT2D eigenvalue weighted by Gasteiger charge is -2.24. The van der Waals surface area contributed by atoms with E-state index in [1.165, 1.54) is 58.9 Å². The smallest absolute Gasteiger partial charge is 0.296 e. The van der Waals surface area contributed by atoms with Gasteiger partial charge in [0.25, 0.3) is 11.6 Å². The number of carbonyl (C=O) groups is 2. The summed E-state index contributed by atoms with van der Waals surface area (Å²) in [4.78, 5) is 42.7. The van der Waals surface area contributed by atoms with Gasteiger partial charge in [-0.1, -0.05) is 17.4 Å². The summed E-state index contributed by atoms with van der Waals surface area (Å²) in [7, 11) is 0. The number of aromatic nitrogens is 1. The van der Waals surface area contributed by atoms with Crippen LogP contribution >= 0.6 is 11.3 Å². The normalized spacial score (nSPS) is 16.1. The molecule has 1 unspecified atom stereocenters. The molecule has 9 nitrogen and oxygen atoms in total. The van der Waals surface area contributed by atoms with Crippen LogP contribution in [0.25, 0.3) is 10.2 Å². The molecule has 2 aromatic heterocycles. The Morgan fingerprint density at radius 2 is 1.97 bits per heavy atom. The third-order valence-electron chi connectivity index (χ3n) is 5.36. The van der Waals surface area contributed by atoms with E-state index in [2.05, 4.69) is 4.98 Å². The Balaban J connectivity index is 1.67. The summed E-state index contributed by atoms with van der Waals surface area (Å²) in [6.07, 6.45) is 1.32. The monoisotopic (exact) mass is 461 g/mol. The molecule has 0 saturated heterocycles. The standard InChI is InChI=1S/C23H15N3O6S/c1-12-4-9-15-17(11-12)33-23(24-15)25-19(13-5-7-14(8-6-13)26(30)31)18(21(28)22(25)29)20(27)16-3-2-10-32-16/h2-11,19,28H,1H3. The van der Waals surface area contributed by atoms with Gasteiger partial charge in [0, 0.05) is 12.1 Å². The summed E-state index contributed by atoms with van der Waals surface area (Å²) < 4.78 is 6.04. The van der Waals surface area contributed by atoms with Gasteiger partial charge in [-0.3, -0.25) is 24.6 Å². The Hall–Kier alpha value is -4.31. The Labute approximate surface area is 190 Å². The highest BCUT2D eigenvalue weighted by Gasteiger charge is 2.46. The Bertz CT molecular complexity index is 1450. The number of aliphatic hydroxyl groups is 1. The maximum Gasteiger partial charge on any atom is 0.296 e. The summed E-state index contributed by atoms with van der Waals surface area (Å²) in [5, 5.41) is 22.1. The van der Waals surface area contributed by atoms with Crippen LogP contribution < -0.4 is 4.90 Å². The van der Waals surface area contributed by atoms with Crippen molar-refractivity contribution in [2.45, 2.75) is 13.0 Å². The van der Waals surface area contributed by atoms with Crippen LogP contribution in [0.3, 0.4) is 0 Å². The number of fused-ring (bicyclic) bond motifs is 1. The van der Waals surface area contributed by atoms with E-state index in [9.17, 15) is 24.8 Å². The summed E-state index contributed by atoms with van der Waals surface area (Å²) in [6.45, 7) is 1.94. The zero-order chi connectivity index (χ0) is 23.3. The summed E-state index contributed by atoms with van der Waals surface area (Å²) >= 11 is 1.25. The number of hydrogen-bond acceptors (Lipinski definition) is 8. The van der Waals surface area contributed by atoms with E-state index in [4.69, 9.17) is 4.42 Å². The number of rotatable bonds is 5. The molecule has 1 aliphatic rings. The van der Waals surface area contributed by atoms with Crippen LogP contribution in [0.5, 0.6) is 0 Å². The number of amides is 1. The lowest BCUT2D eigenvalue weighted by Crippen LogP contribution is -2.30. The minimum Gasteiger partial charge on any atom is -0.503 e. The Kier molecular flexibility index (Phi) is 4.79. The average Bonchev–Trinajstić information content (AvgIpc) is 3.52. The molecule has 1 N–H and O–H groups in total. The third-order valence-corrected chi connectivity index (χ3v) is 6.37. The van der Waals surface area contributed by atoms with E-state index < -0.39 is 28.4 Å². The fourth-order valence-electron chi connectivity index (χ4n) is 3.79. The van der Waals surface area contributed by atoms with Gasteiger partial charge in [0.2, 0.25) is 5.78 Å². The molecule has 0 fully saturated rings. The number of nitrogens with zero attached hydrogens (tertiary/aromatic N) is 3. The minimum absolute atomic E-state index is 0.0435. The first kappa shape index (κ1) is 20.6. The first-order chi connectivity index (χ1) is 15.8. The quantitative estimate of drug-likeness (QED) is 0.255. The molecule has 164 valence electrons. The Morgan fingerprint density at radius 3 is 2.64 bits per heavy atom. The number of anilines is 1. The van der Waals surface area contributed by atoms with Gasteiger partial charge in [0.1, 0.15) is 0 Å². The molecule has 0 bridgehead atoms. The van der Waals surface area contributed by atoms with Gasteiger partial charge in [-0.15, -0.1) is 0 Å². The summed E-state index contributed by atoms with van der Waals surface area (Å²) in [6, 6.07) is 13.0. The SMILES string of the molecule is Cc1ccc2nc(N3C(=O)C(O)=C(C(=O)c4ccco4)C3c3ccc([N+](=O)[O-])cc3)sc2c1. The number of aryl methyl sites for hydroxylation is 1. The van der Waals surface area contributed by atoms with Crippen molar-refractivity contribution in [3.8, 4) is 0 Å². The third kappa shape index (κ3) is 3.37. The Morgan fingerprint density at radius 1 is 1.21 bits per heavy atom. The van der Waals surface area contributed by atoms with Crippen molar-refractivity contribution in [1.82, 2.24) is 4.98 Å². The van der Waals surface area contributed by atoms with Crippen LogP contribution in [-0.2, 0) is 4.79 Å². The van der Waals surface area contributed by atoms with Gasteiger partial charge in [-0.05, 0) is 54.4 Å². The van der Waals surface area contributed by atoms with E-state index in [1.807, 2.05) is 25.1 Å². The topological polar surface area (TPSA) is 127 Å². The molecule has 0 aliphatic carbocycles. The van der Waals surface area contributed by atoms with Gasteiger partial charge in [-0.2, -0.15) is 0 Å². The van der Waals surface area contributed by atoms with Gasteiger partial charge in [0.05, 0.1) is 33.0 Å². The maximum atomic E-state index is 13.2. The molecule has 1 amide bonds. The highest BCUT2D eigenvalue weighted by molar-refractivity contribution is 7.22. The molecule has 3 heterocycles. The van der Waals surface area contributed by atoms with Crippen molar-refractivity contribution >= 4 is 44.1 Å². The van der Waals surface area contributed by atoms with E-state index >= 15 is 0 Å². The molecule has 0 spiro atoms. The number of benzene rings is 2. The minimum atomic E-state index is -1.04. The van der Waals surface area contributed by atoms with Crippen LogP contribution in [0.15, 0.2) is 76.6 Å². The van der Waals surface area contributed by atoms with Crippen LogP contribution in [0.2, 0.25) is 0 Å². The van der Waals surface area contributed by atoms with Gasteiger partial charge >= 0.3 is 0 Å². The maximum absolute atomic E-state index is 13.2.